The van der Waals surface area contributed by atoms with Gasteiger partial charge in [0.15, 0.2) is 6.29 Å². The van der Waals surface area contributed by atoms with Gasteiger partial charge in [-0.25, -0.2) is 9.59 Å². The van der Waals surface area contributed by atoms with E-state index >= 15 is 0 Å². The fraction of sp³-hybridized carbons (Fsp3) is 0.568. The molecule has 3 aliphatic heterocycles. The molecule has 0 aliphatic carbocycles. The average molecular weight is 635 g/mol. The summed E-state index contributed by atoms with van der Waals surface area (Å²) in [6.07, 6.45) is 11.4. The Bertz CT molecular complexity index is 1230. The normalized spacial score (nSPS) is 26.8. The lowest BCUT2D eigenvalue weighted by atomic mass is 10.0. The number of β-amino-alcohol motifs (C(OH)–C–C–N with tert-alkyl or cyclic N) is 1. The maximum atomic E-state index is 13.8. The minimum Gasteiger partial charge on any atom is -0.443 e. The van der Waals surface area contributed by atoms with Crippen LogP contribution in [0.5, 0.6) is 0 Å². The Kier molecular flexibility index (Phi) is 13.3. The number of carbonyl (C=O) groups excluding carboxylic acids is 2. The molecule has 2 aromatic carbocycles. The van der Waals surface area contributed by atoms with Crippen molar-refractivity contribution in [2.45, 2.75) is 101 Å². The lowest BCUT2D eigenvalue weighted by Crippen LogP contribution is -2.51. The lowest BCUT2D eigenvalue weighted by Gasteiger charge is -2.31. The second kappa shape index (κ2) is 18.1. The van der Waals surface area contributed by atoms with Gasteiger partial charge in [-0.3, -0.25) is 0 Å². The van der Waals surface area contributed by atoms with E-state index in [1.54, 1.807) is 4.90 Å². The molecular formula is C37H50N2O7. The topological polar surface area (TPSA) is 107 Å². The third kappa shape index (κ3) is 10.3. The number of allylic oxidation sites excluding steroid dienone is 1. The summed E-state index contributed by atoms with van der Waals surface area (Å²) < 4.78 is 23.1. The summed E-state index contributed by atoms with van der Waals surface area (Å²) in [5.41, 5.74) is 1.88. The number of benzene rings is 2. The number of alkyl carbamates (subject to hydrolysis) is 1. The highest BCUT2D eigenvalue weighted by atomic mass is 16.7. The first kappa shape index (κ1) is 33.9. The van der Waals surface area contributed by atoms with Gasteiger partial charge in [0.2, 0.25) is 0 Å². The molecule has 3 aliphatic rings. The van der Waals surface area contributed by atoms with E-state index in [2.05, 4.69) is 17.5 Å². The van der Waals surface area contributed by atoms with Crippen LogP contribution in [0.1, 0.15) is 81.4 Å². The van der Waals surface area contributed by atoms with Gasteiger partial charge in [-0.05, 0) is 43.2 Å². The number of aliphatic hydroxyl groups is 1. The zero-order chi connectivity index (χ0) is 32.0. The molecule has 250 valence electrons. The van der Waals surface area contributed by atoms with E-state index in [0.29, 0.717) is 26.0 Å². The molecule has 3 heterocycles. The number of aliphatic hydroxyl groups excluding tert-OH is 1. The average Bonchev–Trinajstić information content (AvgIpc) is 3.69. The summed E-state index contributed by atoms with van der Waals surface area (Å²) in [5, 5.41) is 14.6. The van der Waals surface area contributed by atoms with Gasteiger partial charge in [0.1, 0.15) is 12.2 Å². The number of hydrogen-bond donors (Lipinski definition) is 2. The van der Waals surface area contributed by atoms with Crippen molar-refractivity contribution in [1.82, 2.24) is 10.2 Å². The van der Waals surface area contributed by atoms with Crippen LogP contribution in [0.2, 0.25) is 0 Å². The molecule has 0 aromatic heterocycles. The van der Waals surface area contributed by atoms with Crippen LogP contribution in [0.15, 0.2) is 72.8 Å². The highest BCUT2D eigenvalue weighted by Gasteiger charge is 2.44. The van der Waals surface area contributed by atoms with Gasteiger partial charge in [-0.1, -0.05) is 105 Å². The summed E-state index contributed by atoms with van der Waals surface area (Å²) >= 11 is 0. The number of ether oxygens (including phenoxy) is 4. The Hall–Kier alpha value is -3.40. The summed E-state index contributed by atoms with van der Waals surface area (Å²) in [5.74, 6) is 0.00919. The van der Waals surface area contributed by atoms with E-state index in [0.717, 1.165) is 43.2 Å². The van der Waals surface area contributed by atoms with Crippen LogP contribution in [0, 0.1) is 5.92 Å². The fourth-order valence-electron chi connectivity index (χ4n) is 6.53. The quantitative estimate of drug-likeness (QED) is 0.311. The van der Waals surface area contributed by atoms with Crippen LogP contribution >= 0.6 is 0 Å². The van der Waals surface area contributed by atoms with Crippen LogP contribution < -0.4 is 5.32 Å². The standard InChI is InChI=1S/C37H50N2O7/c40-32(31(25-28-17-11-9-12-18-28)38-36(41)45-34-27-44-35-30(34)22-24-43-35)26-39-23-16-8-6-4-2-1-3-5-7-15-21-33(46-37(39)42)29-19-13-10-14-20-29/h7,9-15,17-20,30-35,40H,1-6,8,16,21-27H2,(H,38,41)/b15-7+/t30-,31?,32?,33?,34-,35+/m0/s1. The summed E-state index contributed by atoms with van der Waals surface area (Å²) in [4.78, 5) is 28.6. The number of nitrogens with one attached hydrogen (secondary N) is 1. The van der Waals surface area contributed by atoms with E-state index in [4.69, 9.17) is 18.9 Å². The van der Waals surface area contributed by atoms with E-state index < -0.39 is 36.5 Å². The summed E-state index contributed by atoms with van der Waals surface area (Å²) in [6, 6.07) is 18.8. The van der Waals surface area contributed by atoms with Crippen molar-refractivity contribution in [3.63, 3.8) is 0 Å². The predicted octanol–water partition coefficient (Wildman–Crippen LogP) is 6.71. The number of cyclic esters (lactones) is 1. The highest BCUT2D eigenvalue weighted by molar-refractivity contribution is 5.69. The van der Waals surface area contributed by atoms with E-state index in [-0.39, 0.29) is 25.4 Å². The molecule has 2 amide bonds. The molecular weight excluding hydrogens is 584 g/mol. The molecule has 2 fully saturated rings. The van der Waals surface area contributed by atoms with Crippen LogP contribution in [0.4, 0.5) is 9.59 Å². The molecule has 9 nitrogen and oxygen atoms in total. The van der Waals surface area contributed by atoms with Gasteiger partial charge in [0.05, 0.1) is 37.8 Å². The van der Waals surface area contributed by atoms with Crippen molar-refractivity contribution >= 4 is 12.2 Å². The van der Waals surface area contributed by atoms with Gasteiger partial charge in [-0.2, -0.15) is 0 Å². The second-order valence-corrected chi connectivity index (χ2v) is 12.7. The molecule has 0 radical (unpaired) electrons. The van der Waals surface area contributed by atoms with Gasteiger partial charge in [0, 0.05) is 13.0 Å². The molecule has 3 unspecified atom stereocenters. The largest absolute Gasteiger partial charge is 0.443 e. The van der Waals surface area contributed by atoms with Crippen LogP contribution in [-0.2, 0) is 25.4 Å². The van der Waals surface area contributed by atoms with E-state index in [9.17, 15) is 14.7 Å². The number of nitrogens with zero attached hydrogens (tertiary/aromatic N) is 1. The monoisotopic (exact) mass is 634 g/mol. The van der Waals surface area contributed by atoms with Crippen molar-refractivity contribution in [3.8, 4) is 0 Å². The zero-order valence-electron chi connectivity index (χ0n) is 26.8. The number of fused-ring (bicyclic) bond motifs is 1. The summed E-state index contributed by atoms with van der Waals surface area (Å²) in [6.45, 7) is 1.34. The maximum Gasteiger partial charge on any atom is 0.410 e. The van der Waals surface area contributed by atoms with Crippen LogP contribution in [0.3, 0.4) is 0 Å². The maximum absolute atomic E-state index is 13.8. The van der Waals surface area contributed by atoms with Crippen molar-refractivity contribution in [1.29, 1.82) is 0 Å². The molecule has 6 atom stereocenters. The van der Waals surface area contributed by atoms with Crippen molar-refractivity contribution < 1.29 is 33.6 Å². The third-order valence-electron chi connectivity index (χ3n) is 9.21. The molecule has 0 bridgehead atoms. The first-order valence-electron chi connectivity index (χ1n) is 17.1. The van der Waals surface area contributed by atoms with E-state index in [1.807, 2.05) is 60.7 Å². The Morgan fingerprint density at radius 1 is 0.935 bits per heavy atom. The van der Waals surface area contributed by atoms with Crippen molar-refractivity contribution in [3.05, 3.63) is 83.9 Å². The SMILES string of the molecule is O=C(NC(Cc1ccccc1)C(O)CN1CCCCCCCCC/C=C/CC(c2ccccc2)OC1=O)O[C@H]1CO[C@H]2OCC[C@H]21. The highest BCUT2D eigenvalue weighted by Crippen LogP contribution is 2.33. The van der Waals surface area contributed by atoms with Crippen LogP contribution in [-0.4, -0.2) is 73.0 Å². The minimum atomic E-state index is -1.07. The molecule has 2 saturated heterocycles. The van der Waals surface area contributed by atoms with Crippen LogP contribution in [0.25, 0.3) is 0 Å². The fourth-order valence-corrected chi connectivity index (χ4v) is 6.53. The molecule has 5 rings (SSSR count). The Balaban J connectivity index is 1.29. The summed E-state index contributed by atoms with van der Waals surface area (Å²) in [7, 11) is 0. The minimum absolute atomic E-state index is 0.00919. The number of hydrogen-bond acceptors (Lipinski definition) is 7. The van der Waals surface area contributed by atoms with E-state index in [1.165, 1.54) is 25.7 Å². The molecule has 46 heavy (non-hydrogen) atoms. The Morgan fingerprint density at radius 3 is 2.43 bits per heavy atom. The smallest absolute Gasteiger partial charge is 0.410 e. The molecule has 9 heteroatoms. The number of rotatable bonds is 8. The first-order valence-corrected chi connectivity index (χ1v) is 17.1. The third-order valence-corrected chi connectivity index (χ3v) is 9.21. The van der Waals surface area contributed by atoms with Crippen molar-refractivity contribution in [2.75, 3.05) is 26.3 Å². The number of carbonyl (C=O) groups is 2. The second-order valence-electron chi connectivity index (χ2n) is 12.7. The van der Waals surface area contributed by atoms with Gasteiger partial charge >= 0.3 is 12.2 Å². The van der Waals surface area contributed by atoms with Gasteiger partial charge in [-0.15, -0.1) is 0 Å². The molecule has 0 saturated carbocycles. The number of amides is 2. The zero-order valence-corrected chi connectivity index (χ0v) is 26.8. The van der Waals surface area contributed by atoms with Gasteiger partial charge in [0.25, 0.3) is 0 Å². The predicted molar refractivity (Wildman–Crippen MR) is 175 cm³/mol. The Morgan fingerprint density at radius 2 is 1.65 bits per heavy atom. The Labute approximate surface area is 273 Å². The molecule has 2 aromatic rings. The van der Waals surface area contributed by atoms with Gasteiger partial charge < -0.3 is 34.3 Å². The molecule has 2 N–H and O–H groups in total. The molecule has 0 spiro atoms. The van der Waals surface area contributed by atoms with Crippen molar-refractivity contribution in [2.24, 2.45) is 5.92 Å². The first-order chi connectivity index (χ1) is 22.6. The lowest BCUT2D eigenvalue weighted by molar-refractivity contribution is -0.0907.